The number of aliphatic hydroxyl groups is 3. The van der Waals surface area contributed by atoms with Crippen LogP contribution in [0, 0.1) is 0 Å². The Balaban J connectivity index is 1.35. The van der Waals surface area contributed by atoms with Gasteiger partial charge in [0, 0.05) is 17.8 Å². The van der Waals surface area contributed by atoms with E-state index in [1.54, 1.807) is 35.8 Å². The fraction of sp³-hybridized carbons (Fsp3) is 0.500. The fourth-order valence-electron chi connectivity index (χ4n) is 5.43. The molecule has 0 aliphatic heterocycles. The highest BCUT2D eigenvalue weighted by Gasteiger charge is 2.44. The van der Waals surface area contributed by atoms with Crippen LogP contribution < -0.4 is 10.1 Å². The van der Waals surface area contributed by atoms with Crippen molar-refractivity contribution in [1.29, 1.82) is 0 Å². The van der Waals surface area contributed by atoms with Crippen LogP contribution in [-0.2, 0) is 18.6 Å². The first kappa shape index (κ1) is 28.6. The minimum absolute atomic E-state index is 0.0916. The smallest absolute Gasteiger partial charge is 0.253 e. The molecule has 1 saturated carbocycles. The molecule has 4 heterocycles. The molecule has 0 saturated heterocycles. The number of nitrogens with zero attached hydrogens (tertiary/aromatic N) is 6. The number of nitrogens with one attached hydrogen (secondary N) is 1. The summed E-state index contributed by atoms with van der Waals surface area (Å²) in [6.45, 7) is 7.55. The second kappa shape index (κ2) is 11.1. The van der Waals surface area contributed by atoms with Gasteiger partial charge in [-0.3, -0.25) is 9.78 Å². The van der Waals surface area contributed by atoms with E-state index in [2.05, 4.69) is 30.8 Å². The highest BCUT2D eigenvalue weighted by Crippen LogP contribution is 2.36. The van der Waals surface area contributed by atoms with Gasteiger partial charge in [-0.05, 0) is 50.2 Å². The van der Waals surface area contributed by atoms with Crippen molar-refractivity contribution >= 4 is 11.4 Å². The number of carbonyl (C=O) groups is 1. The number of pyridine rings is 1. The average Bonchev–Trinajstić information content (AvgIpc) is 3.64. The minimum atomic E-state index is -0.853. The summed E-state index contributed by atoms with van der Waals surface area (Å²) in [5.41, 5.74) is 1.59. The summed E-state index contributed by atoms with van der Waals surface area (Å²) < 4.78 is 12.8. The molecule has 41 heavy (non-hydrogen) atoms. The maximum atomic E-state index is 13.0. The molecule has 4 aromatic heterocycles. The van der Waals surface area contributed by atoms with Gasteiger partial charge in [0.2, 0.25) is 11.7 Å². The molecular formula is C28H35N7O6. The van der Waals surface area contributed by atoms with Gasteiger partial charge in [0.05, 0.1) is 40.7 Å². The molecule has 218 valence electrons. The Morgan fingerprint density at radius 3 is 2.73 bits per heavy atom. The van der Waals surface area contributed by atoms with Crippen molar-refractivity contribution in [3.8, 4) is 17.4 Å². The molecule has 0 spiro atoms. The lowest BCUT2D eigenvalue weighted by Crippen LogP contribution is -2.55. The maximum absolute atomic E-state index is 13.0. The summed E-state index contributed by atoms with van der Waals surface area (Å²) in [5.74, 6) is 0.643. The van der Waals surface area contributed by atoms with Gasteiger partial charge in [0.1, 0.15) is 13.2 Å². The molecule has 1 unspecified atom stereocenters. The third kappa shape index (κ3) is 5.78. The number of amides is 1. The number of rotatable bonds is 9. The van der Waals surface area contributed by atoms with Gasteiger partial charge >= 0.3 is 0 Å². The SMILES string of the molecule is CC(O)C[C@@]1(NC(=O)c2ccc(COc3nn4c(-c5cc(CO)on5)nncc4c3C(C)(C)C)nc2)CCC[C@@H]1O. The zero-order valence-corrected chi connectivity index (χ0v) is 23.5. The van der Waals surface area contributed by atoms with Crippen molar-refractivity contribution in [2.24, 2.45) is 0 Å². The lowest BCUT2D eigenvalue weighted by atomic mass is 9.88. The third-order valence-electron chi connectivity index (χ3n) is 7.32. The van der Waals surface area contributed by atoms with E-state index < -0.39 is 17.7 Å². The molecule has 1 amide bonds. The van der Waals surface area contributed by atoms with Crippen LogP contribution in [0.4, 0.5) is 0 Å². The van der Waals surface area contributed by atoms with E-state index in [0.29, 0.717) is 52.8 Å². The molecule has 0 aromatic carbocycles. The molecular weight excluding hydrogens is 530 g/mol. The van der Waals surface area contributed by atoms with Gasteiger partial charge in [-0.2, -0.15) is 5.10 Å². The minimum Gasteiger partial charge on any atom is -0.470 e. The van der Waals surface area contributed by atoms with Crippen molar-refractivity contribution in [2.75, 3.05) is 0 Å². The topological polar surface area (TPSA) is 181 Å². The predicted octanol–water partition coefficient (Wildman–Crippen LogP) is 2.33. The first-order valence-corrected chi connectivity index (χ1v) is 13.6. The van der Waals surface area contributed by atoms with Gasteiger partial charge in [-0.25, -0.2) is 4.52 Å². The molecule has 0 bridgehead atoms. The van der Waals surface area contributed by atoms with Crippen molar-refractivity contribution in [3.05, 3.63) is 53.2 Å². The van der Waals surface area contributed by atoms with Crippen LogP contribution in [0.2, 0.25) is 0 Å². The van der Waals surface area contributed by atoms with E-state index in [9.17, 15) is 20.1 Å². The molecule has 0 radical (unpaired) electrons. The second-order valence-corrected chi connectivity index (χ2v) is 11.6. The quantitative estimate of drug-likeness (QED) is 0.234. The number of aliphatic hydroxyl groups excluding tert-OH is 3. The Kier molecular flexibility index (Phi) is 7.77. The molecule has 1 aliphatic rings. The summed E-state index contributed by atoms with van der Waals surface area (Å²) in [5, 5.41) is 49.7. The van der Waals surface area contributed by atoms with Crippen LogP contribution >= 0.6 is 0 Å². The van der Waals surface area contributed by atoms with Crippen LogP contribution in [0.25, 0.3) is 17.0 Å². The summed E-state index contributed by atoms with van der Waals surface area (Å²) >= 11 is 0. The van der Waals surface area contributed by atoms with Gasteiger partial charge in [-0.1, -0.05) is 25.9 Å². The first-order valence-electron chi connectivity index (χ1n) is 13.6. The Morgan fingerprint density at radius 2 is 2.12 bits per heavy atom. The van der Waals surface area contributed by atoms with E-state index in [1.165, 1.54) is 6.20 Å². The third-order valence-corrected chi connectivity index (χ3v) is 7.32. The largest absolute Gasteiger partial charge is 0.470 e. The van der Waals surface area contributed by atoms with Gasteiger partial charge in [0.25, 0.3) is 5.91 Å². The highest BCUT2D eigenvalue weighted by molar-refractivity contribution is 5.94. The van der Waals surface area contributed by atoms with Crippen molar-refractivity contribution in [2.45, 2.75) is 89.8 Å². The second-order valence-electron chi connectivity index (χ2n) is 11.6. The van der Waals surface area contributed by atoms with E-state index in [0.717, 1.165) is 12.0 Å². The lowest BCUT2D eigenvalue weighted by molar-refractivity contribution is 0.0396. The number of ether oxygens (including phenoxy) is 1. The van der Waals surface area contributed by atoms with Crippen LogP contribution in [-0.4, -0.2) is 68.9 Å². The predicted molar refractivity (Wildman–Crippen MR) is 146 cm³/mol. The fourth-order valence-corrected chi connectivity index (χ4v) is 5.43. The van der Waals surface area contributed by atoms with Gasteiger partial charge in [-0.15, -0.1) is 10.2 Å². The molecule has 13 nitrogen and oxygen atoms in total. The van der Waals surface area contributed by atoms with Crippen LogP contribution in [0.1, 0.15) is 80.8 Å². The van der Waals surface area contributed by atoms with Gasteiger partial charge in [0.15, 0.2) is 11.5 Å². The Hall–Kier alpha value is -3.94. The molecule has 5 rings (SSSR count). The molecule has 13 heteroatoms. The average molecular weight is 566 g/mol. The normalized spacial score (nSPS) is 19.9. The number of hydrogen-bond acceptors (Lipinski definition) is 11. The van der Waals surface area contributed by atoms with Crippen molar-refractivity contribution < 1.29 is 29.4 Å². The van der Waals surface area contributed by atoms with Crippen LogP contribution in [0.3, 0.4) is 0 Å². The molecule has 4 aromatic rings. The Labute approximate surface area is 236 Å². The van der Waals surface area contributed by atoms with E-state index in [4.69, 9.17) is 9.26 Å². The first-order chi connectivity index (χ1) is 19.5. The lowest BCUT2D eigenvalue weighted by Gasteiger charge is -2.35. The summed E-state index contributed by atoms with van der Waals surface area (Å²) in [7, 11) is 0. The summed E-state index contributed by atoms with van der Waals surface area (Å²) in [6.07, 6.45) is 3.94. The molecule has 1 aliphatic carbocycles. The number of carbonyl (C=O) groups excluding carboxylic acids is 1. The number of fused-ring (bicyclic) bond motifs is 1. The zero-order chi connectivity index (χ0) is 29.4. The summed E-state index contributed by atoms with van der Waals surface area (Å²) in [6, 6.07) is 4.93. The summed E-state index contributed by atoms with van der Waals surface area (Å²) in [4.78, 5) is 17.4. The maximum Gasteiger partial charge on any atom is 0.253 e. The molecule has 1 fully saturated rings. The zero-order valence-electron chi connectivity index (χ0n) is 23.5. The van der Waals surface area contributed by atoms with Crippen LogP contribution in [0.5, 0.6) is 5.88 Å². The molecule has 3 atom stereocenters. The van der Waals surface area contributed by atoms with E-state index >= 15 is 0 Å². The monoisotopic (exact) mass is 565 g/mol. The van der Waals surface area contributed by atoms with Crippen LogP contribution in [0.15, 0.2) is 35.1 Å². The Bertz CT molecular complexity index is 1530. The van der Waals surface area contributed by atoms with Crippen molar-refractivity contribution in [3.63, 3.8) is 0 Å². The van der Waals surface area contributed by atoms with Crippen molar-refractivity contribution in [1.82, 2.24) is 35.3 Å². The molecule has 4 N–H and O–H groups in total. The Morgan fingerprint density at radius 1 is 1.32 bits per heavy atom. The highest BCUT2D eigenvalue weighted by atomic mass is 16.5. The number of hydrogen-bond donors (Lipinski definition) is 4. The van der Waals surface area contributed by atoms with E-state index in [1.807, 2.05) is 20.8 Å². The number of aromatic nitrogens is 6. The van der Waals surface area contributed by atoms with E-state index in [-0.39, 0.29) is 31.0 Å². The standard InChI is InChI=1S/C28H35N7O6/c1-16(37)11-28(9-5-6-22(28)38)31-25(39)17-7-8-18(29-12-17)15-40-26-23(27(2,3)4)21-13-30-32-24(35(21)33-26)20-10-19(14-36)41-34-20/h7-8,10,12-13,16,22,36-38H,5-6,9,11,14-15H2,1-4H3,(H,31,39)/t16?,22-,28-/m0/s1. The van der Waals surface area contributed by atoms with Gasteiger partial charge < -0.3 is 29.9 Å².